The predicted octanol–water partition coefficient (Wildman–Crippen LogP) is 3.43. The van der Waals surface area contributed by atoms with Crippen molar-refractivity contribution in [1.29, 1.82) is 0 Å². The van der Waals surface area contributed by atoms with Crippen LogP contribution >= 0.6 is 0 Å². The number of esters is 1. The first-order valence-corrected chi connectivity index (χ1v) is 7.60. The van der Waals surface area contributed by atoms with E-state index in [9.17, 15) is 9.90 Å². The average Bonchev–Trinajstić information content (AvgIpc) is 2.81. The van der Waals surface area contributed by atoms with E-state index in [-0.39, 0.29) is 0 Å². The summed E-state index contributed by atoms with van der Waals surface area (Å²) in [7, 11) is 1.55. The highest BCUT2D eigenvalue weighted by Crippen LogP contribution is 2.42. The van der Waals surface area contributed by atoms with E-state index in [2.05, 4.69) is 0 Å². The summed E-state index contributed by atoms with van der Waals surface area (Å²) < 4.78 is 10.5. The van der Waals surface area contributed by atoms with Crippen LogP contribution in [-0.2, 0) is 9.53 Å². The first-order chi connectivity index (χ1) is 11.5. The molecule has 122 valence electrons. The zero-order valence-electron chi connectivity index (χ0n) is 13.5. The minimum Gasteiger partial charge on any atom is -0.496 e. The van der Waals surface area contributed by atoms with Crippen LogP contribution in [0.3, 0.4) is 0 Å². The van der Waals surface area contributed by atoms with E-state index in [0.29, 0.717) is 22.5 Å². The van der Waals surface area contributed by atoms with Crippen LogP contribution in [0, 0.1) is 0 Å². The molecule has 4 nitrogen and oxygen atoms in total. The summed E-state index contributed by atoms with van der Waals surface area (Å²) in [4.78, 5) is 12.3. The standard InChI is InChI=1S/C20H18O4/c1-20(22)18(15-10-6-7-11-17(15)23-2)16(19(21)24-20)13-12-14-8-4-3-5-9-14/h3-13,22H,1-2H3/b13-12+. The number of carbonyl (C=O) groups is 1. The fourth-order valence-corrected chi connectivity index (χ4v) is 2.78. The number of hydrogen-bond donors (Lipinski definition) is 1. The third kappa shape index (κ3) is 2.96. The minimum absolute atomic E-state index is 0.313. The van der Waals surface area contributed by atoms with Gasteiger partial charge in [-0.15, -0.1) is 0 Å². The lowest BCUT2D eigenvalue weighted by molar-refractivity contribution is -0.170. The van der Waals surface area contributed by atoms with Crippen molar-refractivity contribution in [2.24, 2.45) is 0 Å². The Bertz CT molecular complexity index is 817. The molecular weight excluding hydrogens is 304 g/mol. The second-order valence-electron chi connectivity index (χ2n) is 5.61. The molecule has 0 fully saturated rings. The molecule has 0 bridgehead atoms. The molecule has 1 N–H and O–H groups in total. The highest BCUT2D eigenvalue weighted by Gasteiger charge is 2.43. The lowest BCUT2D eigenvalue weighted by Gasteiger charge is -2.21. The zero-order valence-corrected chi connectivity index (χ0v) is 13.5. The Morgan fingerprint density at radius 3 is 2.42 bits per heavy atom. The van der Waals surface area contributed by atoms with Crippen LogP contribution in [0.2, 0.25) is 0 Å². The Morgan fingerprint density at radius 2 is 1.71 bits per heavy atom. The fraction of sp³-hybridized carbons (Fsp3) is 0.150. The number of ether oxygens (including phenoxy) is 2. The second-order valence-corrected chi connectivity index (χ2v) is 5.61. The summed E-state index contributed by atoms with van der Waals surface area (Å²) in [5.41, 5.74) is 2.29. The van der Waals surface area contributed by atoms with Crippen molar-refractivity contribution in [3.05, 3.63) is 77.4 Å². The van der Waals surface area contributed by atoms with E-state index >= 15 is 0 Å². The van der Waals surface area contributed by atoms with Gasteiger partial charge in [-0.25, -0.2) is 4.79 Å². The van der Waals surface area contributed by atoms with Gasteiger partial charge >= 0.3 is 5.97 Å². The molecule has 0 saturated heterocycles. The van der Waals surface area contributed by atoms with Crippen LogP contribution in [-0.4, -0.2) is 24.0 Å². The number of aliphatic hydroxyl groups is 1. The molecule has 0 aromatic heterocycles. The van der Waals surface area contributed by atoms with Gasteiger partial charge in [-0.3, -0.25) is 0 Å². The lowest BCUT2D eigenvalue weighted by atomic mass is 9.94. The quantitative estimate of drug-likeness (QED) is 0.876. The molecule has 2 aromatic carbocycles. The minimum atomic E-state index is -1.71. The normalized spacial score (nSPS) is 20.5. The number of cyclic esters (lactones) is 1. The molecule has 1 aliphatic rings. The smallest absolute Gasteiger partial charge is 0.341 e. The van der Waals surface area contributed by atoms with E-state index < -0.39 is 11.8 Å². The van der Waals surface area contributed by atoms with Gasteiger partial charge in [0.2, 0.25) is 5.79 Å². The van der Waals surface area contributed by atoms with Crippen molar-refractivity contribution in [2.75, 3.05) is 7.11 Å². The second kappa shape index (κ2) is 6.34. The van der Waals surface area contributed by atoms with Crippen molar-refractivity contribution in [3.63, 3.8) is 0 Å². The molecule has 1 atom stereocenters. The molecule has 0 spiro atoms. The molecule has 2 aromatic rings. The highest BCUT2D eigenvalue weighted by molar-refractivity contribution is 6.07. The number of benzene rings is 2. The highest BCUT2D eigenvalue weighted by atomic mass is 16.7. The zero-order chi connectivity index (χ0) is 17.2. The summed E-state index contributed by atoms with van der Waals surface area (Å²) in [6.07, 6.45) is 3.48. The fourth-order valence-electron chi connectivity index (χ4n) is 2.78. The Kier molecular flexibility index (Phi) is 4.23. The van der Waals surface area contributed by atoms with Gasteiger partial charge < -0.3 is 14.6 Å². The van der Waals surface area contributed by atoms with Crippen LogP contribution in [0.4, 0.5) is 0 Å². The van der Waals surface area contributed by atoms with Crippen molar-refractivity contribution in [2.45, 2.75) is 12.7 Å². The summed E-state index contributed by atoms with van der Waals surface area (Å²) in [5, 5.41) is 10.6. The van der Waals surface area contributed by atoms with E-state index in [1.165, 1.54) is 6.92 Å². The van der Waals surface area contributed by atoms with Gasteiger partial charge in [0.05, 0.1) is 12.7 Å². The average molecular weight is 322 g/mol. The molecule has 1 heterocycles. The van der Waals surface area contributed by atoms with Crippen LogP contribution in [0.1, 0.15) is 18.1 Å². The molecule has 1 unspecified atom stereocenters. The topological polar surface area (TPSA) is 55.8 Å². The molecule has 4 heteroatoms. The Balaban J connectivity index is 2.13. The van der Waals surface area contributed by atoms with Gasteiger partial charge in [0.15, 0.2) is 0 Å². The molecule has 0 aliphatic carbocycles. The molecule has 0 amide bonds. The van der Waals surface area contributed by atoms with Crippen LogP contribution < -0.4 is 4.74 Å². The third-order valence-corrected chi connectivity index (χ3v) is 3.86. The van der Waals surface area contributed by atoms with Crippen LogP contribution in [0.15, 0.2) is 66.2 Å². The molecule has 1 aliphatic heterocycles. The number of methoxy groups -OCH3 is 1. The Morgan fingerprint density at radius 1 is 1.04 bits per heavy atom. The first-order valence-electron chi connectivity index (χ1n) is 7.60. The number of carbonyl (C=O) groups excluding carboxylic acids is 1. The third-order valence-electron chi connectivity index (χ3n) is 3.86. The van der Waals surface area contributed by atoms with Crippen molar-refractivity contribution < 1.29 is 19.4 Å². The molecule has 3 rings (SSSR count). The summed E-state index contributed by atoms with van der Waals surface area (Å²) in [6, 6.07) is 16.8. The Hall–Kier alpha value is -2.85. The Labute approximate surface area is 140 Å². The summed E-state index contributed by atoms with van der Waals surface area (Å²) >= 11 is 0. The van der Waals surface area contributed by atoms with Crippen molar-refractivity contribution >= 4 is 17.6 Å². The maximum Gasteiger partial charge on any atom is 0.341 e. The predicted molar refractivity (Wildman–Crippen MR) is 92.1 cm³/mol. The maximum absolute atomic E-state index is 12.3. The summed E-state index contributed by atoms with van der Waals surface area (Å²) in [6.45, 7) is 1.45. The number of para-hydroxylation sites is 1. The van der Waals surface area contributed by atoms with Gasteiger partial charge in [0, 0.05) is 18.1 Å². The summed E-state index contributed by atoms with van der Waals surface area (Å²) in [5.74, 6) is -1.70. The van der Waals surface area contributed by atoms with Gasteiger partial charge in [-0.05, 0) is 17.7 Å². The molecule has 0 saturated carbocycles. The molecular formula is C20H18O4. The van der Waals surface area contributed by atoms with Crippen LogP contribution in [0.5, 0.6) is 5.75 Å². The van der Waals surface area contributed by atoms with E-state index in [0.717, 1.165) is 5.56 Å². The molecule has 0 radical (unpaired) electrons. The first kappa shape index (κ1) is 16.0. The number of rotatable bonds is 4. The van der Waals surface area contributed by atoms with E-state index in [4.69, 9.17) is 9.47 Å². The van der Waals surface area contributed by atoms with E-state index in [1.54, 1.807) is 25.3 Å². The van der Waals surface area contributed by atoms with Gasteiger partial charge in [-0.1, -0.05) is 54.6 Å². The maximum atomic E-state index is 12.3. The van der Waals surface area contributed by atoms with Crippen LogP contribution in [0.25, 0.3) is 11.6 Å². The van der Waals surface area contributed by atoms with Gasteiger partial charge in [-0.2, -0.15) is 0 Å². The van der Waals surface area contributed by atoms with Gasteiger partial charge in [0.25, 0.3) is 0 Å². The SMILES string of the molecule is COc1ccccc1C1=C(/C=C/c2ccccc2)C(=O)OC1(C)O. The number of hydrogen-bond acceptors (Lipinski definition) is 4. The lowest BCUT2D eigenvalue weighted by Crippen LogP contribution is -2.26. The van der Waals surface area contributed by atoms with Crippen molar-refractivity contribution in [1.82, 2.24) is 0 Å². The monoisotopic (exact) mass is 322 g/mol. The largest absolute Gasteiger partial charge is 0.496 e. The van der Waals surface area contributed by atoms with E-state index in [1.807, 2.05) is 48.5 Å². The molecule has 24 heavy (non-hydrogen) atoms. The van der Waals surface area contributed by atoms with Crippen molar-refractivity contribution in [3.8, 4) is 5.75 Å². The van der Waals surface area contributed by atoms with Gasteiger partial charge in [0.1, 0.15) is 5.75 Å².